The van der Waals surface area contributed by atoms with Crippen LogP contribution >= 0.6 is 12.2 Å². The maximum absolute atomic E-state index is 5.19. The van der Waals surface area contributed by atoms with E-state index in [9.17, 15) is 0 Å². The molecular weight excluding hydrogens is 192 g/mol. The summed E-state index contributed by atoms with van der Waals surface area (Å²) in [7, 11) is 2.22. The lowest BCUT2D eigenvalue weighted by Gasteiger charge is -2.28. The topological polar surface area (TPSA) is 15.3 Å². The van der Waals surface area contributed by atoms with Crippen molar-refractivity contribution in [1.29, 1.82) is 0 Å². The zero-order valence-electron chi connectivity index (χ0n) is 9.55. The number of nitrogens with zero attached hydrogens (tertiary/aromatic N) is 1. The van der Waals surface area contributed by atoms with Crippen LogP contribution in [0.2, 0.25) is 0 Å². The van der Waals surface area contributed by atoms with Crippen molar-refractivity contribution >= 4 is 17.1 Å². The van der Waals surface area contributed by atoms with E-state index < -0.39 is 0 Å². The van der Waals surface area contributed by atoms with Crippen LogP contribution < -0.4 is 5.32 Å². The number of rotatable bonds is 5. The fourth-order valence-corrected chi connectivity index (χ4v) is 2.50. The van der Waals surface area contributed by atoms with Crippen LogP contribution in [0.3, 0.4) is 0 Å². The average molecular weight is 214 g/mol. The maximum atomic E-state index is 5.19. The molecule has 0 saturated carbocycles. The van der Waals surface area contributed by atoms with Gasteiger partial charge in [0, 0.05) is 30.0 Å². The van der Waals surface area contributed by atoms with Crippen molar-refractivity contribution in [2.45, 2.75) is 45.2 Å². The van der Waals surface area contributed by atoms with Gasteiger partial charge >= 0.3 is 0 Å². The monoisotopic (exact) mass is 214 g/mol. The molecule has 1 heterocycles. The number of nitrogens with one attached hydrogen (secondary N) is 1. The molecule has 1 saturated heterocycles. The Kier molecular flexibility index (Phi) is 4.99. The average Bonchev–Trinajstić information content (AvgIpc) is 2.53. The highest BCUT2D eigenvalue weighted by molar-refractivity contribution is 7.80. The highest BCUT2D eigenvalue weighted by Gasteiger charge is 2.21. The van der Waals surface area contributed by atoms with E-state index in [2.05, 4.69) is 31.1 Å². The van der Waals surface area contributed by atoms with E-state index in [1.54, 1.807) is 0 Å². The van der Waals surface area contributed by atoms with Crippen molar-refractivity contribution in [3.8, 4) is 0 Å². The second kappa shape index (κ2) is 5.79. The van der Waals surface area contributed by atoms with Crippen LogP contribution in [0, 0.1) is 0 Å². The Hall–Kier alpha value is 0.01000. The number of hydrogen-bond donors (Lipinski definition) is 1. The SMILES string of the molecule is CCC(CC)N(C)CC1CC(=S)CN1. The molecular formula is C11H22N2S. The Balaban J connectivity index is 2.32. The van der Waals surface area contributed by atoms with Crippen molar-refractivity contribution < 1.29 is 0 Å². The maximum Gasteiger partial charge on any atom is 0.0273 e. The Morgan fingerprint density at radius 3 is 2.57 bits per heavy atom. The van der Waals surface area contributed by atoms with Crippen molar-refractivity contribution in [3.63, 3.8) is 0 Å². The zero-order chi connectivity index (χ0) is 10.6. The first kappa shape index (κ1) is 12.1. The molecule has 0 aromatic rings. The van der Waals surface area contributed by atoms with Gasteiger partial charge in [-0.05, 0) is 26.3 Å². The Morgan fingerprint density at radius 1 is 1.50 bits per heavy atom. The number of hydrogen-bond acceptors (Lipinski definition) is 3. The molecule has 14 heavy (non-hydrogen) atoms. The quantitative estimate of drug-likeness (QED) is 0.703. The van der Waals surface area contributed by atoms with Crippen LogP contribution in [-0.2, 0) is 0 Å². The van der Waals surface area contributed by atoms with E-state index in [4.69, 9.17) is 12.2 Å². The first-order valence-electron chi connectivity index (χ1n) is 5.62. The molecule has 0 amide bonds. The Morgan fingerprint density at radius 2 is 2.14 bits per heavy atom. The molecule has 2 nitrogen and oxygen atoms in total. The van der Waals surface area contributed by atoms with Gasteiger partial charge in [-0.15, -0.1) is 0 Å². The molecule has 0 radical (unpaired) electrons. The van der Waals surface area contributed by atoms with Crippen LogP contribution in [0.5, 0.6) is 0 Å². The minimum absolute atomic E-state index is 0.591. The first-order chi connectivity index (χ1) is 6.67. The molecule has 1 aliphatic heterocycles. The molecule has 1 aliphatic rings. The standard InChI is InChI=1S/C11H22N2S/c1-4-10(5-2)13(3)8-9-6-11(14)7-12-9/h9-10,12H,4-8H2,1-3H3. The zero-order valence-corrected chi connectivity index (χ0v) is 10.4. The summed E-state index contributed by atoms with van der Waals surface area (Å²) in [6.45, 7) is 6.60. The van der Waals surface area contributed by atoms with Crippen molar-refractivity contribution in [2.75, 3.05) is 20.1 Å². The third-order valence-corrected chi connectivity index (χ3v) is 3.45. The van der Waals surface area contributed by atoms with Crippen molar-refractivity contribution in [3.05, 3.63) is 0 Å². The van der Waals surface area contributed by atoms with Crippen molar-refractivity contribution in [2.24, 2.45) is 0 Å². The predicted octanol–water partition coefficient (Wildman–Crippen LogP) is 1.84. The van der Waals surface area contributed by atoms with E-state index in [1.165, 1.54) is 17.7 Å². The first-order valence-corrected chi connectivity index (χ1v) is 6.03. The summed E-state index contributed by atoms with van der Waals surface area (Å²) in [6, 6.07) is 1.32. The predicted molar refractivity (Wildman–Crippen MR) is 66.0 cm³/mol. The number of likely N-dealkylation sites (N-methyl/N-ethyl adjacent to an activating group) is 1. The molecule has 1 unspecified atom stereocenters. The minimum atomic E-state index is 0.591. The molecule has 3 heteroatoms. The molecule has 0 aliphatic carbocycles. The normalized spacial score (nSPS) is 22.6. The fraction of sp³-hybridized carbons (Fsp3) is 0.909. The van der Waals surface area contributed by atoms with E-state index in [-0.39, 0.29) is 0 Å². The van der Waals surface area contributed by atoms with E-state index >= 15 is 0 Å². The Bertz CT molecular complexity index is 190. The summed E-state index contributed by atoms with van der Waals surface area (Å²) in [5.74, 6) is 0. The van der Waals surface area contributed by atoms with E-state index in [1.807, 2.05) is 0 Å². The summed E-state index contributed by atoms with van der Waals surface area (Å²) >= 11 is 5.19. The fourth-order valence-electron chi connectivity index (χ4n) is 2.22. The van der Waals surface area contributed by atoms with Gasteiger partial charge in [-0.2, -0.15) is 0 Å². The van der Waals surface area contributed by atoms with Crippen LogP contribution in [0.1, 0.15) is 33.1 Å². The molecule has 0 spiro atoms. The van der Waals surface area contributed by atoms with Crippen molar-refractivity contribution in [1.82, 2.24) is 10.2 Å². The molecule has 1 N–H and O–H groups in total. The smallest absolute Gasteiger partial charge is 0.0273 e. The van der Waals surface area contributed by atoms with E-state index in [0.717, 1.165) is 25.6 Å². The summed E-state index contributed by atoms with van der Waals surface area (Å²) < 4.78 is 0. The van der Waals surface area contributed by atoms with Crippen LogP contribution in [0.25, 0.3) is 0 Å². The van der Waals surface area contributed by atoms with Crippen LogP contribution in [0.15, 0.2) is 0 Å². The summed E-state index contributed by atoms with van der Waals surface area (Å²) in [5, 5.41) is 3.46. The summed E-state index contributed by atoms with van der Waals surface area (Å²) in [5.41, 5.74) is 0. The molecule has 82 valence electrons. The Labute approximate surface area is 93.1 Å². The van der Waals surface area contributed by atoms with Crippen LogP contribution in [0.4, 0.5) is 0 Å². The van der Waals surface area contributed by atoms with Gasteiger partial charge in [0.05, 0.1) is 0 Å². The third-order valence-electron chi connectivity index (χ3n) is 3.14. The molecule has 0 bridgehead atoms. The van der Waals surface area contributed by atoms with Gasteiger partial charge in [0.15, 0.2) is 0 Å². The molecule has 1 rings (SSSR count). The highest BCUT2D eigenvalue weighted by Crippen LogP contribution is 2.10. The van der Waals surface area contributed by atoms with Gasteiger partial charge in [-0.1, -0.05) is 26.1 Å². The van der Waals surface area contributed by atoms with Gasteiger partial charge in [0.25, 0.3) is 0 Å². The second-order valence-electron chi connectivity index (χ2n) is 4.23. The third kappa shape index (κ3) is 3.30. The van der Waals surface area contributed by atoms with Gasteiger partial charge in [0.2, 0.25) is 0 Å². The summed E-state index contributed by atoms with van der Waals surface area (Å²) in [4.78, 5) is 3.65. The molecule has 0 aromatic carbocycles. The minimum Gasteiger partial charge on any atom is -0.308 e. The van der Waals surface area contributed by atoms with Gasteiger partial charge < -0.3 is 10.2 Å². The lowest BCUT2D eigenvalue weighted by molar-refractivity contribution is 0.212. The van der Waals surface area contributed by atoms with E-state index in [0.29, 0.717) is 6.04 Å². The molecule has 1 fully saturated rings. The number of thiocarbonyl (C=S) groups is 1. The van der Waals surface area contributed by atoms with Gasteiger partial charge in [0.1, 0.15) is 0 Å². The lowest BCUT2D eigenvalue weighted by Crippen LogP contribution is -2.40. The van der Waals surface area contributed by atoms with Gasteiger partial charge in [-0.25, -0.2) is 0 Å². The lowest BCUT2D eigenvalue weighted by atomic mass is 10.1. The largest absolute Gasteiger partial charge is 0.308 e. The second-order valence-corrected chi connectivity index (χ2v) is 4.81. The summed E-state index contributed by atoms with van der Waals surface area (Å²) in [6.07, 6.45) is 3.56. The van der Waals surface area contributed by atoms with Gasteiger partial charge in [-0.3, -0.25) is 0 Å². The molecule has 0 aromatic heterocycles. The highest BCUT2D eigenvalue weighted by atomic mass is 32.1. The molecule has 1 atom stereocenters. The van der Waals surface area contributed by atoms with Crippen LogP contribution in [-0.4, -0.2) is 42.0 Å².